The smallest absolute Gasteiger partial charge is 0.338 e. The molecule has 4 atom stereocenters. The van der Waals surface area contributed by atoms with E-state index in [0.29, 0.717) is 25.1 Å². The van der Waals surface area contributed by atoms with E-state index in [2.05, 4.69) is 11.0 Å². The van der Waals surface area contributed by atoms with Crippen LogP contribution in [0.3, 0.4) is 0 Å². The highest BCUT2D eigenvalue weighted by atomic mass is 16.5. The molecule has 0 saturated carbocycles. The van der Waals surface area contributed by atoms with Gasteiger partial charge in [-0.05, 0) is 31.4 Å². The van der Waals surface area contributed by atoms with Crippen LogP contribution in [0, 0.1) is 17.2 Å². The van der Waals surface area contributed by atoms with Gasteiger partial charge < -0.3 is 14.4 Å². The monoisotopic (exact) mass is 502 g/mol. The maximum atomic E-state index is 13.7. The molecule has 1 saturated heterocycles. The second-order valence-corrected chi connectivity index (χ2v) is 9.35. The summed E-state index contributed by atoms with van der Waals surface area (Å²) in [6.45, 7) is 4.81. The summed E-state index contributed by atoms with van der Waals surface area (Å²) in [5.41, 5.74) is 2.59. The van der Waals surface area contributed by atoms with E-state index >= 15 is 0 Å². The number of nitriles is 1. The average molecular weight is 503 g/mol. The Hall–Kier alpha value is -3.67. The Morgan fingerprint density at radius 1 is 0.892 bits per heavy atom. The highest BCUT2D eigenvalue weighted by Gasteiger charge is 2.56. The van der Waals surface area contributed by atoms with Gasteiger partial charge in [-0.15, -0.1) is 0 Å². The second kappa shape index (κ2) is 12.0. The fourth-order valence-corrected chi connectivity index (χ4v) is 5.58. The van der Waals surface area contributed by atoms with Gasteiger partial charge in [0, 0.05) is 37.8 Å². The van der Waals surface area contributed by atoms with Crippen LogP contribution >= 0.6 is 0 Å². The van der Waals surface area contributed by atoms with E-state index < -0.39 is 24.1 Å². The van der Waals surface area contributed by atoms with Crippen molar-refractivity contribution in [3.8, 4) is 6.07 Å². The Kier molecular flexibility index (Phi) is 8.59. The summed E-state index contributed by atoms with van der Waals surface area (Å²) in [6, 6.07) is 21.2. The lowest BCUT2D eigenvalue weighted by molar-refractivity contribution is -0.197. The van der Waals surface area contributed by atoms with E-state index in [1.807, 2.05) is 83.7 Å². The van der Waals surface area contributed by atoms with Crippen molar-refractivity contribution >= 4 is 11.9 Å². The molecule has 0 bridgehead atoms. The molecule has 2 aliphatic rings. The SMILES string of the molecule is CCOC(=O)[C@@H]1N(Cc2ccccc2)[C@@H](C(=O)OCC)[C@@H]2CC(C#N)=CN(C)[C@H]2N1Cc1ccccc1. The predicted molar refractivity (Wildman–Crippen MR) is 138 cm³/mol. The maximum Gasteiger partial charge on any atom is 0.338 e. The van der Waals surface area contributed by atoms with Crippen LogP contribution in [-0.2, 0) is 32.2 Å². The van der Waals surface area contributed by atoms with Crippen LogP contribution in [0.5, 0.6) is 0 Å². The van der Waals surface area contributed by atoms with E-state index in [1.54, 1.807) is 13.8 Å². The van der Waals surface area contributed by atoms with Gasteiger partial charge in [-0.1, -0.05) is 60.7 Å². The fourth-order valence-electron chi connectivity index (χ4n) is 5.58. The molecular formula is C29H34N4O4. The van der Waals surface area contributed by atoms with Gasteiger partial charge in [-0.3, -0.25) is 14.6 Å². The van der Waals surface area contributed by atoms with Gasteiger partial charge in [-0.25, -0.2) is 4.79 Å². The summed E-state index contributed by atoms with van der Waals surface area (Å²) < 4.78 is 11.2. The van der Waals surface area contributed by atoms with Crippen LogP contribution in [0.1, 0.15) is 31.4 Å². The number of benzene rings is 2. The molecule has 2 aliphatic heterocycles. The first-order chi connectivity index (χ1) is 18.0. The predicted octanol–water partition coefficient (Wildman–Crippen LogP) is 3.51. The molecule has 0 N–H and O–H groups in total. The van der Waals surface area contributed by atoms with E-state index in [0.717, 1.165) is 11.1 Å². The molecule has 2 aromatic carbocycles. The third-order valence-electron chi connectivity index (χ3n) is 6.93. The molecule has 2 heterocycles. The quantitative estimate of drug-likeness (QED) is 0.507. The molecule has 4 rings (SSSR count). The first-order valence-corrected chi connectivity index (χ1v) is 12.7. The lowest BCUT2D eigenvalue weighted by Gasteiger charge is -2.57. The number of carbonyl (C=O) groups excluding carboxylic acids is 2. The van der Waals surface area contributed by atoms with Crippen molar-refractivity contribution in [2.75, 3.05) is 20.3 Å². The molecule has 1 fully saturated rings. The largest absolute Gasteiger partial charge is 0.465 e. The van der Waals surface area contributed by atoms with Crippen LogP contribution in [-0.4, -0.2) is 65.3 Å². The minimum Gasteiger partial charge on any atom is -0.465 e. The molecule has 2 aromatic rings. The zero-order valence-electron chi connectivity index (χ0n) is 21.6. The van der Waals surface area contributed by atoms with Crippen LogP contribution in [0.4, 0.5) is 0 Å². The first-order valence-electron chi connectivity index (χ1n) is 12.7. The van der Waals surface area contributed by atoms with Gasteiger partial charge in [-0.2, -0.15) is 5.26 Å². The van der Waals surface area contributed by atoms with Gasteiger partial charge >= 0.3 is 11.9 Å². The summed E-state index contributed by atoms with van der Waals surface area (Å²) in [4.78, 5) is 33.2. The topological polar surface area (TPSA) is 86.1 Å². The minimum absolute atomic E-state index is 0.222. The number of allylic oxidation sites excluding steroid dienone is 1. The van der Waals surface area contributed by atoms with Crippen molar-refractivity contribution in [3.63, 3.8) is 0 Å². The molecule has 0 spiro atoms. The normalized spacial score (nSPS) is 23.9. The highest BCUT2D eigenvalue weighted by Crippen LogP contribution is 2.41. The van der Waals surface area contributed by atoms with E-state index in [-0.39, 0.29) is 25.3 Å². The van der Waals surface area contributed by atoms with Gasteiger partial charge in [0.25, 0.3) is 0 Å². The van der Waals surface area contributed by atoms with Gasteiger partial charge in [0.2, 0.25) is 0 Å². The van der Waals surface area contributed by atoms with Crippen LogP contribution in [0.15, 0.2) is 72.4 Å². The molecule has 0 aromatic heterocycles. The highest BCUT2D eigenvalue weighted by molar-refractivity contribution is 5.81. The van der Waals surface area contributed by atoms with Crippen molar-refractivity contribution in [2.24, 2.45) is 5.92 Å². The van der Waals surface area contributed by atoms with Crippen LogP contribution in [0.25, 0.3) is 0 Å². The summed E-state index contributed by atoms with van der Waals surface area (Å²) in [7, 11) is 1.89. The van der Waals surface area contributed by atoms with E-state index in [4.69, 9.17) is 9.47 Å². The van der Waals surface area contributed by atoms with Crippen molar-refractivity contribution in [1.29, 1.82) is 5.26 Å². The summed E-state index contributed by atoms with van der Waals surface area (Å²) >= 11 is 0. The lowest BCUT2D eigenvalue weighted by atomic mass is 9.81. The van der Waals surface area contributed by atoms with Gasteiger partial charge in [0.1, 0.15) is 6.04 Å². The molecule has 0 amide bonds. The minimum atomic E-state index is -0.837. The number of fused-ring (bicyclic) bond motifs is 1. The van der Waals surface area contributed by atoms with Gasteiger partial charge in [0.15, 0.2) is 6.17 Å². The zero-order valence-corrected chi connectivity index (χ0v) is 21.6. The zero-order chi connectivity index (χ0) is 26.4. The average Bonchev–Trinajstić information content (AvgIpc) is 2.89. The molecule has 194 valence electrons. The second-order valence-electron chi connectivity index (χ2n) is 9.35. The Morgan fingerprint density at radius 2 is 1.43 bits per heavy atom. The van der Waals surface area contributed by atoms with Crippen molar-refractivity contribution in [2.45, 2.75) is 51.7 Å². The molecule has 37 heavy (non-hydrogen) atoms. The first kappa shape index (κ1) is 26.4. The maximum absolute atomic E-state index is 13.7. The van der Waals surface area contributed by atoms with Crippen molar-refractivity contribution < 1.29 is 19.1 Å². The number of carbonyl (C=O) groups is 2. The Bertz CT molecular complexity index is 1150. The third-order valence-corrected chi connectivity index (χ3v) is 6.93. The van der Waals surface area contributed by atoms with Crippen molar-refractivity contribution in [3.05, 3.63) is 83.6 Å². The Labute approximate surface area is 218 Å². The number of esters is 2. The van der Waals surface area contributed by atoms with Crippen molar-refractivity contribution in [1.82, 2.24) is 14.7 Å². The number of hydrogen-bond donors (Lipinski definition) is 0. The molecular weight excluding hydrogens is 468 g/mol. The fraction of sp³-hybridized carbons (Fsp3) is 0.414. The number of nitrogens with zero attached hydrogens (tertiary/aromatic N) is 4. The summed E-state index contributed by atoms with van der Waals surface area (Å²) in [5, 5.41) is 9.78. The van der Waals surface area contributed by atoms with Gasteiger partial charge in [0.05, 0.1) is 25.4 Å². The number of ether oxygens (including phenoxy) is 2. The molecule has 0 aliphatic carbocycles. The Balaban J connectivity index is 1.88. The number of rotatable bonds is 8. The Morgan fingerprint density at radius 3 is 1.97 bits per heavy atom. The summed E-state index contributed by atoms with van der Waals surface area (Å²) in [5.74, 6) is -1.11. The summed E-state index contributed by atoms with van der Waals surface area (Å²) in [6.07, 6.45) is 1.06. The molecule has 0 radical (unpaired) electrons. The standard InChI is InChI=1S/C29H34N4O4/c1-4-36-28(34)25-24-16-23(17-30)18-31(3)26(24)33(20-22-14-10-7-11-15-22)27(29(35)37-5-2)32(25)19-21-12-8-6-9-13-21/h6-15,18,24-27H,4-5,16,19-20H2,1-3H3/t24-,25+,26-,27+/m0/s1. The lowest BCUT2D eigenvalue weighted by Crippen LogP contribution is -2.73. The molecule has 0 unspecified atom stereocenters. The third kappa shape index (κ3) is 5.68. The van der Waals surface area contributed by atoms with E-state index in [9.17, 15) is 14.9 Å². The van der Waals surface area contributed by atoms with E-state index in [1.165, 1.54) is 0 Å². The molecule has 8 heteroatoms. The number of hydrogen-bond acceptors (Lipinski definition) is 8. The van der Waals surface area contributed by atoms with Crippen LogP contribution in [0.2, 0.25) is 0 Å². The van der Waals surface area contributed by atoms with Crippen LogP contribution < -0.4 is 0 Å². The molecule has 8 nitrogen and oxygen atoms in total.